The van der Waals surface area contributed by atoms with E-state index in [2.05, 4.69) is 86.3 Å². The van der Waals surface area contributed by atoms with Crippen LogP contribution in [-0.4, -0.2) is 6.67 Å². The van der Waals surface area contributed by atoms with Gasteiger partial charge >= 0.3 is 0 Å². The van der Waals surface area contributed by atoms with E-state index in [4.69, 9.17) is 0 Å². The molecule has 2 nitrogen and oxygen atoms in total. The lowest BCUT2D eigenvalue weighted by atomic mass is 9.95. The van der Waals surface area contributed by atoms with Crippen LogP contribution in [0, 0.1) is 20.8 Å². The lowest BCUT2D eigenvalue weighted by Gasteiger charge is -2.51. The minimum Gasteiger partial charge on any atom is -1.00 e. The molecule has 0 fully saturated rings. The van der Waals surface area contributed by atoms with Crippen molar-refractivity contribution in [3.8, 4) is 0 Å². The lowest BCUT2D eigenvalue weighted by molar-refractivity contribution is -0.00000585. The highest BCUT2D eigenvalue weighted by Crippen LogP contribution is 2.44. The van der Waals surface area contributed by atoms with Crippen LogP contribution in [0.1, 0.15) is 33.4 Å². The van der Waals surface area contributed by atoms with Crippen LogP contribution in [0.5, 0.6) is 0 Å². The van der Waals surface area contributed by atoms with Crippen molar-refractivity contribution in [1.29, 1.82) is 0 Å². The summed E-state index contributed by atoms with van der Waals surface area (Å²) in [7, 11) is 0. The molecule has 0 saturated heterocycles. The number of hydrogen-bond acceptors (Lipinski definition) is 1. The van der Waals surface area contributed by atoms with Crippen molar-refractivity contribution < 1.29 is 17.0 Å². The van der Waals surface area contributed by atoms with Crippen LogP contribution in [0.3, 0.4) is 0 Å². The number of halogens is 1. The monoisotopic (exact) mass is 434 g/mol. The summed E-state index contributed by atoms with van der Waals surface area (Å²) >= 11 is 0. The molecule has 3 aromatic carbocycles. The summed E-state index contributed by atoms with van der Waals surface area (Å²) < 4.78 is 0.995. The SMILES string of the molecule is Cc1ccc(C[N+]23Cc4cc(C)ccc4N(Cc4cc(C)ccc42)C3)cc1.[Br-]. The second kappa shape index (κ2) is 7.06. The highest BCUT2D eigenvalue weighted by Gasteiger charge is 2.44. The number of aryl methyl sites for hydroxylation is 3. The average molecular weight is 435 g/mol. The predicted molar refractivity (Wildman–Crippen MR) is 114 cm³/mol. The largest absolute Gasteiger partial charge is 1.00 e. The first-order chi connectivity index (χ1) is 13.0. The van der Waals surface area contributed by atoms with Gasteiger partial charge < -0.3 is 21.9 Å². The van der Waals surface area contributed by atoms with E-state index < -0.39 is 0 Å². The Morgan fingerprint density at radius 3 is 2.18 bits per heavy atom. The number of hydrogen-bond donors (Lipinski definition) is 0. The summed E-state index contributed by atoms with van der Waals surface area (Å²) in [5.41, 5.74) is 11.4. The summed E-state index contributed by atoms with van der Waals surface area (Å²) in [6.45, 7) is 10.8. The van der Waals surface area contributed by atoms with E-state index in [1.807, 2.05) is 0 Å². The molecule has 1 atom stereocenters. The van der Waals surface area contributed by atoms with E-state index >= 15 is 0 Å². The zero-order chi connectivity index (χ0) is 18.6. The molecular formula is C25H27BrN2. The van der Waals surface area contributed by atoms with E-state index in [1.54, 1.807) is 0 Å². The van der Waals surface area contributed by atoms with Gasteiger partial charge in [0.25, 0.3) is 0 Å². The summed E-state index contributed by atoms with van der Waals surface area (Å²) in [5, 5.41) is 0. The fourth-order valence-corrected chi connectivity index (χ4v) is 4.97. The molecule has 0 spiro atoms. The molecule has 144 valence electrons. The summed E-state index contributed by atoms with van der Waals surface area (Å²) in [6, 6.07) is 23.1. The molecule has 5 rings (SSSR count). The Morgan fingerprint density at radius 2 is 1.43 bits per heavy atom. The molecular weight excluding hydrogens is 408 g/mol. The number of quaternary nitrogens is 1. The van der Waals surface area contributed by atoms with Crippen molar-refractivity contribution in [3.05, 3.63) is 94.0 Å². The van der Waals surface area contributed by atoms with Crippen molar-refractivity contribution in [1.82, 2.24) is 4.48 Å². The van der Waals surface area contributed by atoms with E-state index in [1.165, 1.54) is 44.8 Å². The first-order valence-electron chi connectivity index (χ1n) is 9.89. The second-order valence-corrected chi connectivity index (χ2v) is 8.55. The van der Waals surface area contributed by atoms with Crippen molar-refractivity contribution in [2.45, 2.75) is 40.4 Å². The van der Waals surface area contributed by atoms with Crippen molar-refractivity contribution in [2.75, 3.05) is 11.6 Å². The van der Waals surface area contributed by atoms with Gasteiger partial charge in [-0.2, -0.15) is 0 Å². The normalized spacial score (nSPS) is 19.5. The third-order valence-electron chi connectivity index (χ3n) is 6.20. The van der Waals surface area contributed by atoms with Gasteiger partial charge in [-0.05, 0) is 45.0 Å². The predicted octanol–water partition coefficient (Wildman–Crippen LogP) is 2.61. The Morgan fingerprint density at radius 1 is 0.786 bits per heavy atom. The summed E-state index contributed by atoms with van der Waals surface area (Å²) in [5.74, 6) is 0. The first kappa shape index (κ1) is 19.2. The molecule has 28 heavy (non-hydrogen) atoms. The van der Waals surface area contributed by atoms with Crippen LogP contribution in [0.15, 0.2) is 60.7 Å². The number of benzene rings is 3. The molecule has 2 aliphatic rings. The van der Waals surface area contributed by atoms with Gasteiger partial charge in [0.05, 0.1) is 12.2 Å². The molecule has 0 aromatic heterocycles. The van der Waals surface area contributed by atoms with Crippen molar-refractivity contribution in [3.63, 3.8) is 0 Å². The molecule has 0 radical (unpaired) electrons. The molecule has 2 aliphatic heterocycles. The van der Waals surface area contributed by atoms with E-state index in [0.717, 1.165) is 30.8 Å². The zero-order valence-corrected chi connectivity index (χ0v) is 18.5. The molecule has 0 N–H and O–H groups in total. The molecule has 3 aromatic rings. The maximum absolute atomic E-state index is 2.59. The quantitative estimate of drug-likeness (QED) is 0.560. The number of nitrogens with zero attached hydrogens (tertiary/aromatic N) is 2. The van der Waals surface area contributed by atoms with Gasteiger partial charge in [0.2, 0.25) is 0 Å². The molecule has 0 saturated carbocycles. The van der Waals surface area contributed by atoms with E-state index in [-0.39, 0.29) is 17.0 Å². The minimum absolute atomic E-state index is 0. The maximum Gasteiger partial charge on any atom is 0.160 e. The van der Waals surface area contributed by atoms with Crippen LogP contribution in [0.4, 0.5) is 11.4 Å². The summed E-state index contributed by atoms with van der Waals surface area (Å²) in [6.07, 6.45) is 0. The third-order valence-corrected chi connectivity index (χ3v) is 6.20. The third kappa shape index (κ3) is 3.17. The Labute approximate surface area is 178 Å². The van der Waals surface area contributed by atoms with Crippen LogP contribution in [0.25, 0.3) is 0 Å². The van der Waals surface area contributed by atoms with Gasteiger partial charge in [-0.1, -0.05) is 53.1 Å². The number of fused-ring (bicyclic) bond motifs is 6. The van der Waals surface area contributed by atoms with E-state index in [9.17, 15) is 0 Å². The molecule has 3 heteroatoms. The lowest BCUT2D eigenvalue weighted by Crippen LogP contribution is -3.00. The van der Waals surface area contributed by atoms with E-state index in [0.29, 0.717) is 0 Å². The Balaban J connectivity index is 0.00000192. The van der Waals surface area contributed by atoms with Crippen LogP contribution < -0.4 is 26.4 Å². The first-order valence-corrected chi connectivity index (χ1v) is 9.89. The van der Waals surface area contributed by atoms with Gasteiger partial charge in [0.1, 0.15) is 18.8 Å². The maximum atomic E-state index is 2.59. The molecule has 2 heterocycles. The molecule has 0 aliphatic carbocycles. The Hall–Kier alpha value is -2.10. The van der Waals surface area contributed by atoms with Gasteiger partial charge in [0.15, 0.2) is 6.67 Å². The molecule has 2 bridgehead atoms. The molecule has 0 amide bonds. The average Bonchev–Trinajstić information content (AvgIpc) is 2.63. The van der Waals surface area contributed by atoms with Crippen LogP contribution >= 0.6 is 0 Å². The summed E-state index contributed by atoms with van der Waals surface area (Å²) in [4.78, 5) is 2.59. The van der Waals surface area contributed by atoms with Crippen LogP contribution in [0.2, 0.25) is 0 Å². The zero-order valence-electron chi connectivity index (χ0n) is 16.9. The highest BCUT2D eigenvalue weighted by atomic mass is 79.9. The van der Waals surface area contributed by atoms with Crippen molar-refractivity contribution >= 4 is 11.4 Å². The smallest absolute Gasteiger partial charge is 0.160 e. The van der Waals surface area contributed by atoms with Gasteiger partial charge in [-0.15, -0.1) is 0 Å². The minimum atomic E-state index is 0. The Kier molecular flexibility index (Phi) is 4.84. The van der Waals surface area contributed by atoms with Gasteiger partial charge in [-0.25, -0.2) is 0 Å². The van der Waals surface area contributed by atoms with Crippen molar-refractivity contribution in [2.24, 2.45) is 0 Å². The fraction of sp³-hybridized carbons (Fsp3) is 0.280. The topological polar surface area (TPSA) is 3.24 Å². The van der Waals surface area contributed by atoms with Gasteiger partial charge in [-0.3, -0.25) is 4.48 Å². The molecule has 1 unspecified atom stereocenters. The Bertz CT molecular complexity index is 1030. The standard InChI is InChI=1S/C25H27N2.BrH/c1-18-4-8-21(9-5-18)15-27-16-23-13-19(2)6-10-24(23)26(17-27)14-22-12-20(3)7-11-25(22)27;/h4-13H,14-17H2,1-3H3;1H/q+1;/p-1. The fourth-order valence-electron chi connectivity index (χ4n) is 4.97. The van der Waals surface area contributed by atoms with Gasteiger partial charge in [0, 0.05) is 16.7 Å². The number of anilines is 1. The number of rotatable bonds is 2. The van der Waals surface area contributed by atoms with Crippen LogP contribution in [-0.2, 0) is 19.6 Å². The second-order valence-electron chi connectivity index (χ2n) is 8.55. The highest BCUT2D eigenvalue weighted by molar-refractivity contribution is 5.66.